The fourth-order valence-electron chi connectivity index (χ4n) is 2.19. The molecule has 0 aromatic heterocycles. The van der Waals surface area contributed by atoms with E-state index >= 15 is 0 Å². The molecular formula is C14H21NO. The maximum absolute atomic E-state index is 5.68. The molecule has 0 unspecified atom stereocenters. The standard InChI is InChI=1S/C14H21NO/c1-13-7-8-15(11-13)9-10-16-12-14-5-3-2-4-6-14/h2-6,13H,7-12H2,1H3/t13-/m1/s1. The number of hydrogen-bond acceptors (Lipinski definition) is 2. The van der Waals surface area contributed by atoms with Crippen LogP contribution in [0.4, 0.5) is 0 Å². The average Bonchev–Trinajstić information content (AvgIpc) is 2.72. The van der Waals surface area contributed by atoms with Gasteiger partial charge in [-0.05, 0) is 24.4 Å². The summed E-state index contributed by atoms with van der Waals surface area (Å²) in [7, 11) is 0. The molecule has 1 aliphatic heterocycles. The van der Waals surface area contributed by atoms with Crippen LogP contribution in [0.15, 0.2) is 30.3 Å². The lowest BCUT2D eigenvalue weighted by Crippen LogP contribution is -2.24. The Labute approximate surface area is 98.2 Å². The molecule has 2 nitrogen and oxygen atoms in total. The quantitative estimate of drug-likeness (QED) is 0.706. The summed E-state index contributed by atoms with van der Waals surface area (Å²) in [6, 6.07) is 10.4. The van der Waals surface area contributed by atoms with Crippen LogP contribution >= 0.6 is 0 Å². The highest BCUT2D eigenvalue weighted by molar-refractivity contribution is 5.13. The predicted octanol–water partition coefficient (Wildman–Crippen LogP) is 2.55. The Bertz CT molecular complexity index is 299. The zero-order valence-corrected chi connectivity index (χ0v) is 10.1. The Morgan fingerprint density at radius 3 is 2.81 bits per heavy atom. The number of nitrogens with zero attached hydrogens (tertiary/aromatic N) is 1. The van der Waals surface area contributed by atoms with Crippen molar-refractivity contribution in [1.29, 1.82) is 0 Å². The topological polar surface area (TPSA) is 12.5 Å². The molecule has 2 rings (SSSR count). The summed E-state index contributed by atoms with van der Waals surface area (Å²) in [6.45, 7) is 7.48. The fourth-order valence-corrected chi connectivity index (χ4v) is 2.19. The number of likely N-dealkylation sites (tertiary alicyclic amines) is 1. The average molecular weight is 219 g/mol. The summed E-state index contributed by atoms with van der Waals surface area (Å²) in [5, 5.41) is 0. The molecular weight excluding hydrogens is 198 g/mol. The van der Waals surface area contributed by atoms with Crippen molar-refractivity contribution in [2.75, 3.05) is 26.2 Å². The Hall–Kier alpha value is -0.860. The molecule has 0 bridgehead atoms. The van der Waals surface area contributed by atoms with E-state index in [1.807, 2.05) is 6.07 Å². The van der Waals surface area contributed by atoms with Gasteiger partial charge >= 0.3 is 0 Å². The minimum atomic E-state index is 0.740. The van der Waals surface area contributed by atoms with Crippen molar-refractivity contribution in [2.45, 2.75) is 20.0 Å². The monoisotopic (exact) mass is 219 g/mol. The maximum Gasteiger partial charge on any atom is 0.0717 e. The summed E-state index contributed by atoms with van der Waals surface area (Å²) >= 11 is 0. The summed E-state index contributed by atoms with van der Waals surface area (Å²) < 4.78 is 5.68. The lowest BCUT2D eigenvalue weighted by molar-refractivity contribution is 0.0984. The van der Waals surface area contributed by atoms with Crippen molar-refractivity contribution < 1.29 is 4.74 Å². The molecule has 1 saturated heterocycles. The molecule has 1 heterocycles. The van der Waals surface area contributed by atoms with Crippen molar-refractivity contribution in [3.05, 3.63) is 35.9 Å². The third-order valence-electron chi connectivity index (χ3n) is 3.17. The van der Waals surface area contributed by atoms with Crippen LogP contribution < -0.4 is 0 Å². The molecule has 0 spiro atoms. The molecule has 0 radical (unpaired) electrons. The predicted molar refractivity (Wildman–Crippen MR) is 66.3 cm³/mol. The van der Waals surface area contributed by atoms with E-state index in [-0.39, 0.29) is 0 Å². The summed E-state index contributed by atoms with van der Waals surface area (Å²) in [5.74, 6) is 0.870. The number of benzene rings is 1. The maximum atomic E-state index is 5.68. The molecule has 0 aliphatic carbocycles. The van der Waals surface area contributed by atoms with E-state index in [2.05, 4.69) is 36.1 Å². The zero-order valence-electron chi connectivity index (χ0n) is 10.1. The highest BCUT2D eigenvalue weighted by atomic mass is 16.5. The van der Waals surface area contributed by atoms with Crippen molar-refractivity contribution in [3.8, 4) is 0 Å². The summed E-state index contributed by atoms with van der Waals surface area (Å²) in [4.78, 5) is 2.50. The van der Waals surface area contributed by atoms with Gasteiger partial charge in [0.25, 0.3) is 0 Å². The van der Waals surface area contributed by atoms with Gasteiger partial charge in [-0.25, -0.2) is 0 Å². The van der Waals surface area contributed by atoms with E-state index in [0.29, 0.717) is 0 Å². The lowest BCUT2D eigenvalue weighted by Gasteiger charge is -2.14. The zero-order chi connectivity index (χ0) is 11.2. The smallest absolute Gasteiger partial charge is 0.0717 e. The van der Waals surface area contributed by atoms with Gasteiger partial charge in [0.05, 0.1) is 13.2 Å². The van der Waals surface area contributed by atoms with E-state index < -0.39 is 0 Å². The van der Waals surface area contributed by atoms with Crippen molar-refractivity contribution in [1.82, 2.24) is 4.90 Å². The summed E-state index contributed by atoms with van der Waals surface area (Å²) in [5.41, 5.74) is 1.26. The third-order valence-corrected chi connectivity index (χ3v) is 3.17. The van der Waals surface area contributed by atoms with Crippen molar-refractivity contribution in [3.63, 3.8) is 0 Å². The molecule has 16 heavy (non-hydrogen) atoms. The minimum Gasteiger partial charge on any atom is -0.375 e. The molecule has 1 atom stereocenters. The van der Waals surface area contributed by atoms with Gasteiger partial charge in [0.15, 0.2) is 0 Å². The second-order valence-electron chi connectivity index (χ2n) is 4.73. The molecule has 0 amide bonds. The molecule has 0 N–H and O–H groups in total. The van der Waals surface area contributed by atoms with Crippen LogP contribution in [0.2, 0.25) is 0 Å². The van der Waals surface area contributed by atoms with Crippen molar-refractivity contribution in [2.24, 2.45) is 5.92 Å². The van der Waals surface area contributed by atoms with Gasteiger partial charge in [0.2, 0.25) is 0 Å². The van der Waals surface area contributed by atoms with Gasteiger partial charge in [0.1, 0.15) is 0 Å². The SMILES string of the molecule is C[C@@H]1CCN(CCOCc2ccccc2)C1. The fraction of sp³-hybridized carbons (Fsp3) is 0.571. The first kappa shape index (κ1) is 11.6. The first-order valence-corrected chi connectivity index (χ1v) is 6.18. The molecule has 0 saturated carbocycles. The Morgan fingerprint density at radius 1 is 1.31 bits per heavy atom. The highest BCUT2D eigenvalue weighted by Gasteiger charge is 2.17. The van der Waals surface area contributed by atoms with Gasteiger partial charge < -0.3 is 9.64 Å². The van der Waals surface area contributed by atoms with E-state index in [4.69, 9.17) is 4.74 Å². The van der Waals surface area contributed by atoms with Crippen LogP contribution in [0, 0.1) is 5.92 Å². The number of rotatable bonds is 5. The highest BCUT2D eigenvalue weighted by Crippen LogP contribution is 2.14. The summed E-state index contributed by atoms with van der Waals surface area (Å²) in [6.07, 6.45) is 1.35. The van der Waals surface area contributed by atoms with Crippen LogP contribution in [0.25, 0.3) is 0 Å². The Balaban J connectivity index is 1.59. The van der Waals surface area contributed by atoms with E-state index in [9.17, 15) is 0 Å². The largest absolute Gasteiger partial charge is 0.375 e. The van der Waals surface area contributed by atoms with E-state index in [1.54, 1.807) is 0 Å². The second-order valence-corrected chi connectivity index (χ2v) is 4.73. The minimum absolute atomic E-state index is 0.740. The van der Waals surface area contributed by atoms with Gasteiger partial charge in [-0.2, -0.15) is 0 Å². The van der Waals surface area contributed by atoms with E-state index in [0.717, 1.165) is 25.7 Å². The number of ether oxygens (including phenoxy) is 1. The van der Waals surface area contributed by atoms with Crippen LogP contribution in [-0.4, -0.2) is 31.1 Å². The van der Waals surface area contributed by atoms with Gasteiger partial charge in [-0.15, -0.1) is 0 Å². The third kappa shape index (κ3) is 3.62. The van der Waals surface area contributed by atoms with Gasteiger partial charge in [0, 0.05) is 13.1 Å². The first-order valence-electron chi connectivity index (χ1n) is 6.18. The van der Waals surface area contributed by atoms with Crippen molar-refractivity contribution >= 4 is 0 Å². The molecule has 1 aromatic rings. The Kier molecular flexibility index (Phi) is 4.37. The molecule has 1 aromatic carbocycles. The lowest BCUT2D eigenvalue weighted by atomic mass is 10.2. The Morgan fingerprint density at radius 2 is 2.12 bits per heavy atom. The molecule has 1 aliphatic rings. The molecule has 88 valence electrons. The van der Waals surface area contributed by atoms with Crippen LogP contribution in [0.5, 0.6) is 0 Å². The van der Waals surface area contributed by atoms with E-state index in [1.165, 1.54) is 25.1 Å². The van der Waals surface area contributed by atoms with Crippen LogP contribution in [0.1, 0.15) is 18.9 Å². The first-order chi connectivity index (χ1) is 7.84. The van der Waals surface area contributed by atoms with Gasteiger partial charge in [-0.1, -0.05) is 37.3 Å². The normalized spacial score (nSPS) is 21.4. The molecule has 1 fully saturated rings. The molecule has 2 heteroatoms. The van der Waals surface area contributed by atoms with Crippen LogP contribution in [-0.2, 0) is 11.3 Å². The van der Waals surface area contributed by atoms with Gasteiger partial charge in [-0.3, -0.25) is 0 Å². The number of hydrogen-bond donors (Lipinski definition) is 0. The second kappa shape index (κ2) is 6.02. The van der Waals surface area contributed by atoms with Crippen LogP contribution in [0.3, 0.4) is 0 Å².